The van der Waals surface area contributed by atoms with Gasteiger partial charge >= 0.3 is 5.97 Å². The molecule has 0 aliphatic carbocycles. The minimum absolute atomic E-state index is 0.0550. The Morgan fingerprint density at radius 3 is 2.29 bits per heavy atom. The van der Waals surface area contributed by atoms with Gasteiger partial charge in [-0.3, -0.25) is 9.69 Å². The largest absolute Gasteiger partial charge is 0.466 e. The molecule has 28 heavy (non-hydrogen) atoms. The van der Waals surface area contributed by atoms with E-state index in [9.17, 15) is 9.90 Å². The van der Waals surface area contributed by atoms with E-state index in [0.717, 1.165) is 13.0 Å². The first-order chi connectivity index (χ1) is 13.7. The second-order valence-corrected chi connectivity index (χ2v) is 7.19. The number of carbonyl (C=O) groups is 1. The lowest BCUT2D eigenvalue weighted by Gasteiger charge is -2.23. The van der Waals surface area contributed by atoms with Gasteiger partial charge in [-0.05, 0) is 36.5 Å². The maximum atomic E-state index is 11.9. The fraction of sp³-hybridized carbons (Fsp3) is 0.375. The molecule has 1 aliphatic rings. The molecule has 0 amide bonds. The Hall–Kier alpha value is -2.43. The average molecular weight is 380 g/mol. The van der Waals surface area contributed by atoms with E-state index in [1.807, 2.05) is 19.1 Å². The quantitative estimate of drug-likeness (QED) is 0.707. The molecular weight excluding hydrogens is 350 g/mol. The summed E-state index contributed by atoms with van der Waals surface area (Å²) in [4.78, 5) is 14.1. The summed E-state index contributed by atoms with van der Waals surface area (Å²) in [6, 6.07) is 20.8. The molecule has 2 atom stereocenters. The number of benzene rings is 2. The fourth-order valence-corrected chi connectivity index (χ4v) is 3.87. The predicted molar refractivity (Wildman–Crippen MR) is 112 cm³/mol. The maximum absolute atomic E-state index is 11.9. The first kappa shape index (κ1) is 20.3. The Labute approximate surface area is 167 Å². The molecule has 2 aromatic rings. The van der Waals surface area contributed by atoms with Crippen LogP contribution in [0, 0.1) is 0 Å². The van der Waals surface area contributed by atoms with Gasteiger partial charge in [0.05, 0.1) is 19.1 Å². The molecule has 4 nitrogen and oxygen atoms in total. The zero-order valence-corrected chi connectivity index (χ0v) is 16.5. The molecule has 0 aromatic heterocycles. The topological polar surface area (TPSA) is 49.8 Å². The van der Waals surface area contributed by atoms with Crippen molar-refractivity contribution in [2.45, 2.75) is 38.3 Å². The second-order valence-electron chi connectivity index (χ2n) is 7.19. The number of nitrogens with zero attached hydrogens (tertiary/aromatic N) is 1. The van der Waals surface area contributed by atoms with Crippen LogP contribution in [0.2, 0.25) is 0 Å². The van der Waals surface area contributed by atoms with Crippen molar-refractivity contribution in [3.8, 4) is 0 Å². The van der Waals surface area contributed by atoms with Crippen molar-refractivity contribution in [2.24, 2.45) is 0 Å². The molecule has 4 heteroatoms. The van der Waals surface area contributed by atoms with Gasteiger partial charge in [-0.1, -0.05) is 66.7 Å². The smallest absolute Gasteiger partial charge is 0.307 e. The number of rotatable bonds is 8. The van der Waals surface area contributed by atoms with E-state index in [1.54, 1.807) is 0 Å². The molecule has 0 unspecified atom stereocenters. The molecule has 1 heterocycles. The molecule has 3 rings (SSSR count). The maximum Gasteiger partial charge on any atom is 0.307 e. The lowest BCUT2D eigenvalue weighted by molar-refractivity contribution is -0.144. The number of hydrogen-bond donors (Lipinski definition) is 1. The Morgan fingerprint density at radius 1 is 1.11 bits per heavy atom. The normalized spacial score (nSPS) is 19.4. The first-order valence-electron chi connectivity index (χ1n) is 10.1. The number of ether oxygens (including phenoxy) is 1. The van der Waals surface area contributed by atoms with E-state index in [-0.39, 0.29) is 18.1 Å². The summed E-state index contributed by atoms with van der Waals surface area (Å²) in [6.45, 7) is 3.64. The van der Waals surface area contributed by atoms with Crippen LogP contribution in [0.4, 0.5) is 0 Å². The van der Waals surface area contributed by atoms with Gasteiger partial charge in [-0.2, -0.15) is 0 Å². The van der Waals surface area contributed by atoms with Crippen LogP contribution in [0.15, 0.2) is 66.7 Å². The van der Waals surface area contributed by atoms with Crippen LogP contribution < -0.4 is 0 Å². The number of hydrogen-bond acceptors (Lipinski definition) is 4. The van der Waals surface area contributed by atoms with E-state index in [4.69, 9.17) is 4.74 Å². The van der Waals surface area contributed by atoms with Crippen molar-refractivity contribution in [1.29, 1.82) is 0 Å². The van der Waals surface area contributed by atoms with Gasteiger partial charge in [0.15, 0.2) is 0 Å². The highest BCUT2D eigenvalue weighted by Gasteiger charge is 2.32. The third-order valence-electron chi connectivity index (χ3n) is 5.15. The van der Waals surface area contributed by atoms with Crippen molar-refractivity contribution in [1.82, 2.24) is 4.90 Å². The molecule has 1 fully saturated rings. The Kier molecular flexibility index (Phi) is 7.40. The van der Waals surface area contributed by atoms with E-state index >= 15 is 0 Å². The number of aliphatic hydroxyl groups is 1. The summed E-state index contributed by atoms with van der Waals surface area (Å²) in [5.41, 5.74) is 3.60. The number of aliphatic hydroxyl groups excluding tert-OH is 1. The monoisotopic (exact) mass is 379 g/mol. The van der Waals surface area contributed by atoms with E-state index in [2.05, 4.69) is 59.5 Å². The van der Waals surface area contributed by atoms with Gasteiger partial charge in [-0.25, -0.2) is 0 Å². The Morgan fingerprint density at radius 2 is 1.71 bits per heavy atom. The molecule has 1 N–H and O–H groups in total. The molecule has 148 valence electrons. The fourth-order valence-electron chi connectivity index (χ4n) is 3.87. The SMILES string of the molecule is CCOC(=O)C[C@H]1C[C@@H](O)CN1CCC=C(c1ccccc1)c1ccccc1. The summed E-state index contributed by atoms with van der Waals surface area (Å²) < 4.78 is 5.09. The summed E-state index contributed by atoms with van der Waals surface area (Å²) >= 11 is 0. The average Bonchev–Trinajstić information content (AvgIpc) is 3.05. The number of carbonyl (C=O) groups excluding carboxylic acids is 1. The van der Waals surface area contributed by atoms with Crippen LogP contribution in [0.25, 0.3) is 5.57 Å². The Balaban J connectivity index is 1.70. The van der Waals surface area contributed by atoms with Gasteiger partial charge in [0.1, 0.15) is 0 Å². The lowest BCUT2D eigenvalue weighted by Crippen LogP contribution is -2.32. The van der Waals surface area contributed by atoms with E-state index in [0.29, 0.717) is 26.0 Å². The molecule has 1 saturated heterocycles. The minimum Gasteiger partial charge on any atom is -0.466 e. The van der Waals surface area contributed by atoms with Crippen molar-refractivity contribution in [3.63, 3.8) is 0 Å². The van der Waals surface area contributed by atoms with Gasteiger partial charge in [-0.15, -0.1) is 0 Å². The third kappa shape index (κ3) is 5.54. The molecule has 0 saturated carbocycles. The standard InChI is InChI=1S/C24H29NO3/c1-2-28-24(27)17-21-16-22(26)18-25(21)15-9-14-23(19-10-5-3-6-11-19)20-12-7-4-8-13-20/h3-8,10-14,21-22,26H,2,9,15-18H2,1H3/t21-,22-/m1/s1. The number of esters is 1. The van der Waals surface area contributed by atoms with Gasteiger partial charge in [0.25, 0.3) is 0 Å². The molecule has 0 spiro atoms. The highest BCUT2D eigenvalue weighted by molar-refractivity contribution is 5.79. The van der Waals surface area contributed by atoms with E-state index in [1.165, 1.54) is 16.7 Å². The lowest BCUT2D eigenvalue weighted by atomic mass is 9.97. The highest BCUT2D eigenvalue weighted by Crippen LogP contribution is 2.25. The van der Waals surface area contributed by atoms with Crippen LogP contribution in [-0.4, -0.2) is 47.8 Å². The zero-order valence-electron chi connectivity index (χ0n) is 16.5. The van der Waals surface area contributed by atoms with Crippen molar-refractivity contribution < 1.29 is 14.6 Å². The predicted octanol–water partition coefficient (Wildman–Crippen LogP) is 3.90. The van der Waals surface area contributed by atoms with Gasteiger partial charge < -0.3 is 9.84 Å². The molecule has 0 radical (unpaired) electrons. The summed E-state index contributed by atoms with van der Waals surface area (Å²) in [6.07, 6.45) is 3.72. The zero-order chi connectivity index (χ0) is 19.8. The summed E-state index contributed by atoms with van der Waals surface area (Å²) in [5, 5.41) is 10.1. The van der Waals surface area contributed by atoms with Crippen molar-refractivity contribution in [3.05, 3.63) is 77.9 Å². The molecule has 1 aliphatic heterocycles. The van der Waals surface area contributed by atoms with Crippen LogP contribution in [0.3, 0.4) is 0 Å². The molecular formula is C24H29NO3. The van der Waals surface area contributed by atoms with Gasteiger partial charge in [0.2, 0.25) is 0 Å². The van der Waals surface area contributed by atoms with Gasteiger partial charge in [0, 0.05) is 19.1 Å². The molecule has 2 aromatic carbocycles. The second kappa shape index (κ2) is 10.2. The van der Waals surface area contributed by atoms with Crippen molar-refractivity contribution in [2.75, 3.05) is 19.7 Å². The summed E-state index contributed by atoms with van der Waals surface area (Å²) in [7, 11) is 0. The summed E-state index contributed by atoms with van der Waals surface area (Å²) in [5.74, 6) is -0.184. The minimum atomic E-state index is -0.369. The first-order valence-corrected chi connectivity index (χ1v) is 10.1. The third-order valence-corrected chi connectivity index (χ3v) is 5.15. The Bertz CT molecular complexity index is 731. The number of β-amino-alcohol motifs (C(OH)–C–C–N with tert-alkyl or cyclic N) is 1. The van der Waals surface area contributed by atoms with Crippen LogP contribution in [0.1, 0.15) is 37.3 Å². The van der Waals surface area contributed by atoms with Crippen LogP contribution in [0.5, 0.6) is 0 Å². The van der Waals surface area contributed by atoms with Crippen LogP contribution in [-0.2, 0) is 9.53 Å². The highest BCUT2D eigenvalue weighted by atomic mass is 16.5. The van der Waals surface area contributed by atoms with Crippen molar-refractivity contribution >= 4 is 11.5 Å². The molecule has 0 bridgehead atoms. The number of likely N-dealkylation sites (tertiary alicyclic amines) is 1. The van der Waals surface area contributed by atoms with E-state index < -0.39 is 0 Å². The van der Waals surface area contributed by atoms with Crippen LogP contribution >= 0.6 is 0 Å².